The highest BCUT2D eigenvalue weighted by Crippen LogP contribution is 2.08. The molecule has 0 aromatic carbocycles. The van der Waals surface area contributed by atoms with Crippen LogP contribution < -0.4 is 10.6 Å². The lowest BCUT2D eigenvalue weighted by Gasteiger charge is -2.29. The van der Waals surface area contributed by atoms with Gasteiger partial charge in [0, 0.05) is 26.7 Å². The molecule has 0 radical (unpaired) electrons. The van der Waals surface area contributed by atoms with Crippen molar-refractivity contribution < 1.29 is 28.6 Å². The summed E-state index contributed by atoms with van der Waals surface area (Å²) in [6.45, 7) is 12.5. The first-order chi connectivity index (χ1) is 12.2. The number of rotatable bonds is 7. The van der Waals surface area contributed by atoms with Crippen molar-refractivity contribution >= 4 is 18.1 Å². The standard InChI is InChI=1S/C18H35N3O6/c1-12(10-19-15(23)26-17(2,3)4)21(8)14(22)13(25-9)11-20-16(24)27-18(5,6)7/h12-13H,10-11H2,1-9H3,(H,19,23)(H,20,24)/t12?,13-/m0/s1. The second-order valence-corrected chi connectivity index (χ2v) is 8.29. The minimum Gasteiger partial charge on any atom is -0.444 e. The van der Waals surface area contributed by atoms with Gasteiger partial charge in [0.1, 0.15) is 11.2 Å². The number of likely N-dealkylation sites (N-methyl/N-ethyl adjacent to an activating group) is 1. The molecule has 0 aromatic heterocycles. The van der Waals surface area contributed by atoms with Crippen LogP contribution in [0.4, 0.5) is 9.59 Å². The van der Waals surface area contributed by atoms with Crippen molar-refractivity contribution in [3.05, 3.63) is 0 Å². The van der Waals surface area contributed by atoms with Gasteiger partial charge >= 0.3 is 12.2 Å². The van der Waals surface area contributed by atoms with E-state index in [1.54, 1.807) is 55.5 Å². The molecule has 0 bridgehead atoms. The Morgan fingerprint density at radius 1 is 0.889 bits per heavy atom. The minimum atomic E-state index is -0.869. The molecule has 27 heavy (non-hydrogen) atoms. The average molecular weight is 389 g/mol. The van der Waals surface area contributed by atoms with Crippen LogP contribution in [0.3, 0.4) is 0 Å². The van der Waals surface area contributed by atoms with E-state index in [0.717, 1.165) is 0 Å². The van der Waals surface area contributed by atoms with Crippen molar-refractivity contribution in [1.29, 1.82) is 0 Å². The molecule has 0 aliphatic heterocycles. The van der Waals surface area contributed by atoms with Crippen molar-refractivity contribution in [2.45, 2.75) is 71.8 Å². The van der Waals surface area contributed by atoms with E-state index in [9.17, 15) is 14.4 Å². The van der Waals surface area contributed by atoms with E-state index in [2.05, 4.69) is 10.6 Å². The van der Waals surface area contributed by atoms with Crippen molar-refractivity contribution in [3.8, 4) is 0 Å². The molecule has 0 rings (SSSR count). The summed E-state index contributed by atoms with van der Waals surface area (Å²) in [5.74, 6) is -0.327. The van der Waals surface area contributed by atoms with Crippen LogP contribution in [0.25, 0.3) is 0 Å². The van der Waals surface area contributed by atoms with Gasteiger partial charge in [-0.05, 0) is 48.5 Å². The van der Waals surface area contributed by atoms with Gasteiger partial charge in [-0.3, -0.25) is 4.79 Å². The van der Waals surface area contributed by atoms with E-state index in [1.807, 2.05) is 0 Å². The third-order valence-corrected chi connectivity index (χ3v) is 3.34. The molecule has 0 spiro atoms. The minimum absolute atomic E-state index is 0.0270. The van der Waals surface area contributed by atoms with Crippen LogP contribution in [-0.2, 0) is 19.0 Å². The summed E-state index contributed by atoms with van der Waals surface area (Å²) < 4.78 is 15.5. The molecule has 0 saturated carbocycles. The third-order valence-electron chi connectivity index (χ3n) is 3.34. The number of hydrogen-bond donors (Lipinski definition) is 2. The van der Waals surface area contributed by atoms with Gasteiger partial charge in [0.25, 0.3) is 5.91 Å². The second-order valence-electron chi connectivity index (χ2n) is 8.29. The topological polar surface area (TPSA) is 106 Å². The fourth-order valence-corrected chi connectivity index (χ4v) is 1.89. The average Bonchev–Trinajstić information content (AvgIpc) is 2.48. The van der Waals surface area contributed by atoms with Crippen molar-refractivity contribution in [2.24, 2.45) is 0 Å². The SMILES string of the molecule is CO[C@@H](CNC(=O)OC(C)(C)C)C(=O)N(C)C(C)CNC(=O)OC(C)(C)C. The van der Waals surface area contributed by atoms with E-state index in [-0.39, 0.29) is 25.0 Å². The quantitative estimate of drug-likeness (QED) is 0.689. The second kappa shape index (κ2) is 10.3. The highest BCUT2D eigenvalue weighted by molar-refractivity contribution is 5.82. The molecule has 1 unspecified atom stereocenters. The maximum absolute atomic E-state index is 12.6. The first kappa shape index (κ1) is 25.0. The van der Waals surface area contributed by atoms with Gasteiger partial charge < -0.3 is 29.7 Å². The number of amides is 3. The maximum Gasteiger partial charge on any atom is 0.407 e. The number of nitrogens with zero attached hydrogens (tertiary/aromatic N) is 1. The number of alkyl carbamates (subject to hydrolysis) is 2. The molecule has 0 heterocycles. The van der Waals surface area contributed by atoms with Gasteiger partial charge in [-0.2, -0.15) is 0 Å². The first-order valence-electron chi connectivity index (χ1n) is 8.89. The van der Waals surface area contributed by atoms with Crippen molar-refractivity contribution in [3.63, 3.8) is 0 Å². The highest BCUT2D eigenvalue weighted by Gasteiger charge is 2.27. The first-order valence-corrected chi connectivity index (χ1v) is 8.89. The molecule has 9 heteroatoms. The van der Waals surface area contributed by atoms with Gasteiger partial charge in [-0.25, -0.2) is 9.59 Å². The molecule has 0 fully saturated rings. The number of carbonyl (C=O) groups excluding carboxylic acids is 3. The Labute approximate surface area is 162 Å². The predicted octanol–water partition coefficient (Wildman–Crippen LogP) is 1.90. The summed E-state index contributed by atoms with van der Waals surface area (Å²) in [6, 6.07) is -0.302. The number of carbonyl (C=O) groups is 3. The number of hydrogen-bond acceptors (Lipinski definition) is 6. The third kappa shape index (κ3) is 11.3. The lowest BCUT2D eigenvalue weighted by molar-refractivity contribution is -0.142. The molecule has 0 saturated heterocycles. The van der Waals surface area contributed by atoms with Crippen LogP contribution in [0.1, 0.15) is 48.5 Å². The van der Waals surface area contributed by atoms with Crippen LogP contribution in [0.5, 0.6) is 0 Å². The Kier molecular flexibility index (Phi) is 9.56. The van der Waals surface area contributed by atoms with Gasteiger partial charge in [-0.15, -0.1) is 0 Å². The Morgan fingerprint density at radius 2 is 1.30 bits per heavy atom. The Bertz CT molecular complexity index is 510. The molecule has 2 N–H and O–H groups in total. The fraction of sp³-hybridized carbons (Fsp3) is 0.833. The molecular formula is C18H35N3O6. The molecule has 0 aliphatic rings. The van der Waals surface area contributed by atoms with E-state index in [4.69, 9.17) is 14.2 Å². The van der Waals surface area contributed by atoms with Crippen LogP contribution in [0.2, 0.25) is 0 Å². The summed E-state index contributed by atoms with van der Waals surface area (Å²) in [5, 5.41) is 5.14. The number of methoxy groups -OCH3 is 1. The maximum atomic E-state index is 12.6. The molecule has 3 amide bonds. The van der Waals surface area contributed by atoms with Gasteiger partial charge in [0.15, 0.2) is 6.10 Å². The smallest absolute Gasteiger partial charge is 0.407 e. The zero-order chi connectivity index (χ0) is 21.4. The normalized spacial score (nSPS) is 14.0. The van der Waals surface area contributed by atoms with Crippen LogP contribution >= 0.6 is 0 Å². The van der Waals surface area contributed by atoms with Crippen molar-refractivity contribution in [1.82, 2.24) is 15.5 Å². The zero-order valence-electron chi connectivity index (χ0n) is 18.0. The predicted molar refractivity (Wildman–Crippen MR) is 102 cm³/mol. The molecular weight excluding hydrogens is 354 g/mol. The number of ether oxygens (including phenoxy) is 3. The van der Waals surface area contributed by atoms with Crippen LogP contribution in [0.15, 0.2) is 0 Å². The number of nitrogens with one attached hydrogen (secondary N) is 2. The van der Waals surface area contributed by atoms with Gasteiger partial charge in [0.05, 0.1) is 6.54 Å². The van der Waals surface area contributed by atoms with Crippen LogP contribution in [-0.4, -0.2) is 73.6 Å². The lowest BCUT2D eigenvalue weighted by atomic mass is 10.2. The zero-order valence-corrected chi connectivity index (χ0v) is 18.0. The molecule has 158 valence electrons. The summed E-state index contributed by atoms with van der Waals surface area (Å²) in [5.41, 5.74) is -1.22. The largest absolute Gasteiger partial charge is 0.444 e. The highest BCUT2D eigenvalue weighted by atomic mass is 16.6. The Balaban J connectivity index is 4.55. The van der Waals surface area contributed by atoms with E-state index < -0.39 is 29.5 Å². The fourth-order valence-electron chi connectivity index (χ4n) is 1.89. The van der Waals surface area contributed by atoms with E-state index >= 15 is 0 Å². The summed E-state index contributed by atoms with van der Waals surface area (Å²) in [4.78, 5) is 37.4. The Morgan fingerprint density at radius 3 is 1.67 bits per heavy atom. The van der Waals surface area contributed by atoms with Crippen molar-refractivity contribution in [2.75, 3.05) is 27.2 Å². The molecule has 9 nitrogen and oxygen atoms in total. The van der Waals surface area contributed by atoms with Gasteiger partial charge in [-0.1, -0.05) is 0 Å². The monoisotopic (exact) mass is 389 g/mol. The van der Waals surface area contributed by atoms with Crippen LogP contribution in [0, 0.1) is 0 Å². The summed E-state index contributed by atoms with van der Waals surface area (Å²) in [6.07, 6.45) is -2.05. The molecule has 0 aliphatic carbocycles. The van der Waals surface area contributed by atoms with E-state index in [1.165, 1.54) is 12.0 Å². The Hall–Kier alpha value is -2.03. The molecule has 2 atom stereocenters. The lowest BCUT2D eigenvalue weighted by Crippen LogP contribution is -2.50. The summed E-state index contributed by atoms with van der Waals surface area (Å²) in [7, 11) is 2.99. The molecule has 0 aromatic rings. The van der Waals surface area contributed by atoms with Gasteiger partial charge in [0.2, 0.25) is 0 Å². The summed E-state index contributed by atoms with van der Waals surface area (Å²) >= 11 is 0. The van der Waals surface area contributed by atoms with E-state index in [0.29, 0.717) is 0 Å².